The second kappa shape index (κ2) is 3.80. The standard InChI is InChI=1S/C13H10F2N2/c14-8-6-10-9-2-3-12(9)16-4-1-5-17-13(10)11(15)7-8/h1-7,9,12,17H/b5-1-,16-4?. The Morgan fingerprint density at radius 2 is 2.06 bits per heavy atom. The van der Waals surface area contributed by atoms with E-state index in [2.05, 4.69) is 10.3 Å². The molecule has 1 heterocycles. The number of nitrogens with zero attached hydrogens (tertiary/aromatic N) is 1. The highest BCUT2D eigenvalue weighted by Crippen LogP contribution is 2.38. The third-order valence-electron chi connectivity index (χ3n) is 3.00. The van der Waals surface area contributed by atoms with Gasteiger partial charge in [0.1, 0.15) is 11.6 Å². The molecular weight excluding hydrogens is 222 g/mol. The molecular formula is C13H10F2N2. The molecule has 1 aromatic carbocycles. The molecule has 0 aromatic heterocycles. The van der Waals surface area contributed by atoms with E-state index in [9.17, 15) is 8.78 Å². The quantitative estimate of drug-likeness (QED) is 0.683. The van der Waals surface area contributed by atoms with Crippen LogP contribution in [0.4, 0.5) is 14.5 Å². The Bertz CT molecular complexity index is 547. The molecule has 0 bridgehead atoms. The molecule has 2 nitrogen and oxygen atoms in total. The Morgan fingerprint density at radius 3 is 2.82 bits per heavy atom. The lowest BCUT2D eigenvalue weighted by atomic mass is 9.82. The SMILES string of the molecule is Fc1cc(F)c2c(c1)C1C=CC1N=C/C=C\N2. The van der Waals surface area contributed by atoms with Crippen LogP contribution in [0.2, 0.25) is 0 Å². The molecule has 0 amide bonds. The molecule has 1 aromatic rings. The van der Waals surface area contributed by atoms with Gasteiger partial charge in [0.15, 0.2) is 0 Å². The van der Waals surface area contributed by atoms with Gasteiger partial charge in [-0.05, 0) is 17.7 Å². The fourth-order valence-electron chi connectivity index (χ4n) is 2.08. The van der Waals surface area contributed by atoms with Crippen LogP contribution in [0.3, 0.4) is 0 Å². The minimum absolute atomic E-state index is 0.0282. The number of halogens is 2. The lowest BCUT2D eigenvalue weighted by Gasteiger charge is -2.28. The van der Waals surface area contributed by atoms with Gasteiger partial charge in [0, 0.05) is 24.4 Å². The molecule has 0 saturated carbocycles. The van der Waals surface area contributed by atoms with Crippen molar-refractivity contribution < 1.29 is 8.78 Å². The second-order valence-electron chi connectivity index (χ2n) is 4.05. The predicted molar refractivity (Wildman–Crippen MR) is 63.3 cm³/mol. The van der Waals surface area contributed by atoms with Crippen molar-refractivity contribution in [2.75, 3.05) is 5.32 Å². The predicted octanol–water partition coefficient (Wildman–Crippen LogP) is 3.00. The number of allylic oxidation sites excluding steroid dienone is 1. The molecule has 0 spiro atoms. The van der Waals surface area contributed by atoms with Crippen LogP contribution >= 0.6 is 0 Å². The van der Waals surface area contributed by atoms with Crippen molar-refractivity contribution in [1.82, 2.24) is 0 Å². The molecule has 0 fully saturated rings. The van der Waals surface area contributed by atoms with Crippen LogP contribution in [0.1, 0.15) is 11.5 Å². The molecule has 1 N–H and O–H groups in total. The first-order valence-corrected chi connectivity index (χ1v) is 5.38. The summed E-state index contributed by atoms with van der Waals surface area (Å²) < 4.78 is 27.0. The van der Waals surface area contributed by atoms with E-state index in [1.165, 1.54) is 6.07 Å². The zero-order valence-corrected chi connectivity index (χ0v) is 8.90. The molecule has 2 atom stereocenters. The first-order chi connectivity index (χ1) is 8.25. The topological polar surface area (TPSA) is 24.4 Å². The van der Waals surface area contributed by atoms with Gasteiger partial charge in [-0.25, -0.2) is 8.78 Å². The molecule has 4 heteroatoms. The van der Waals surface area contributed by atoms with Crippen LogP contribution in [-0.4, -0.2) is 12.3 Å². The molecule has 0 saturated heterocycles. The van der Waals surface area contributed by atoms with Gasteiger partial charge in [0.25, 0.3) is 0 Å². The number of aliphatic imine (C=N–C) groups is 1. The van der Waals surface area contributed by atoms with Gasteiger partial charge in [-0.3, -0.25) is 4.99 Å². The first kappa shape index (κ1) is 10.2. The number of anilines is 1. The van der Waals surface area contributed by atoms with Crippen molar-refractivity contribution in [1.29, 1.82) is 0 Å². The molecule has 17 heavy (non-hydrogen) atoms. The van der Waals surface area contributed by atoms with Crippen LogP contribution in [0.15, 0.2) is 41.6 Å². The first-order valence-electron chi connectivity index (χ1n) is 5.38. The van der Waals surface area contributed by atoms with Gasteiger partial charge >= 0.3 is 0 Å². The van der Waals surface area contributed by atoms with Crippen molar-refractivity contribution in [3.05, 3.63) is 53.8 Å². The van der Waals surface area contributed by atoms with Crippen molar-refractivity contribution in [2.45, 2.75) is 12.0 Å². The van der Waals surface area contributed by atoms with Crippen LogP contribution < -0.4 is 5.32 Å². The largest absolute Gasteiger partial charge is 0.359 e. The van der Waals surface area contributed by atoms with E-state index < -0.39 is 11.6 Å². The summed E-state index contributed by atoms with van der Waals surface area (Å²) in [6.45, 7) is 0. The van der Waals surface area contributed by atoms with Crippen LogP contribution in [0.5, 0.6) is 0 Å². The average Bonchev–Trinajstić information content (AvgIpc) is 2.28. The van der Waals surface area contributed by atoms with Gasteiger partial charge < -0.3 is 5.32 Å². The lowest BCUT2D eigenvalue weighted by molar-refractivity contribution is 0.574. The highest BCUT2D eigenvalue weighted by Gasteiger charge is 2.29. The number of rotatable bonds is 0. The fraction of sp³-hybridized carbons (Fsp3) is 0.154. The number of hydrogen-bond donors (Lipinski definition) is 1. The number of benzene rings is 1. The molecule has 2 aliphatic rings. The highest BCUT2D eigenvalue weighted by atomic mass is 19.1. The van der Waals surface area contributed by atoms with Crippen molar-refractivity contribution in [3.63, 3.8) is 0 Å². The Kier molecular flexibility index (Phi) is 2.28. The fourth-order valence-corrected chi connectivity index (χ4v) is 2.08. The summed E-state index contributed by atoms with van der Waals surface area (Å²) in [5.74, 6) is -1.20. The monoisotopic (exact) mass is 232 g/mol. The van der Waals surface area contributed by atoms with Crippen molar-refractivity contribution >= 4 is 11.9 Å². The summed E-state index contributed by atoms with van der Waals surface area (Å²) in [4.78, 5) is 4.29. The van der Waals surface area contributed by atoms with Crippen LogP contribution in [-0.2, 0) is 0 Å². The zero-order chi connectivity index (χ0) is 11.8. The van der Waals surface area contributed by atoms with E-state index in [1.54, 1.807) is 18.5 Å². The maximum atomic E-state index is 13.7. The Morgan fingerprint density at radius 1 is 1.18 bits per heavy atom. The number of fused-ring (bicyclic) bond motifs is 3. The summed E-state index contributed by atoms with van der Waals surface area (Å²) in [5, 5.41) is 2.84. The average molecular weight is 232 g/mol. The van der Waals surface area contributed by atoms with Crippen LogP contribution in [0, 0.1) is 11.6 Å². The van der Waals surface area contributed by atoms with Gasteiger partial charge in [0.05, 0.1) is 11.7 Å². The minimum atomic E-state index is -0.578. The third kappa shape index (κ3) is 1.65. The van der Waals surface area contributed by atoms with Crippen molar-refractivity contribution in [2.24, 2.45) is 4.99 Å². The number of nitrogens with one attached hydrogen (secondary N) is 1. The zero-order valence-electron chi connectivity index (χ0n) is 8.90. The van der Waals surface area contributed by atoms with E-state index >= 15 is 0 Å². The molecule has 1 aliphatic carbocycles. The summed E-state index contributed by atoms with van der Waals surface area (Å²) in [5.41, 5.74) is 0.936. The van der Waals surface area contributed by atoms with Gasteiger partial charge in [-0.2, -0.15) is 0 Å². The summed E-state index contributed by atoms with van der Waals surface area (Å²) in [7, 11) is 0. The van der Waals surface area contributed by atoms with E-state index in [0.717, 1.165) is 6.07 Å². The summed E-state index contributed by atoms with van der Waals surface area (Å²) in [6.07, 6.45) is 8.78. The highest BCUT2D eigenvalue weighted by molar-refractivity contribution is 5.74. The molecule has 3 rings (SSSR count). The Hall–Kier alpha value is -1.97. The lowest BCUT2D eigenvalue weighted by Crippen LogP contribution is -2.21. The molecule has 1 aliphatic heterocycles. The Labute approximate surface area is 97.4 Å². The third-order valence-corrected chi connectivity index (χ3v) is 3.00. The smallest absolute Gasteiger partial charge is 0.149 e. The maximum Gasteiger partial charge on any atom is 0.149 e. The normalized spacial score (nSPS) is 26.7. The molecule has 2 unspecified atom stereocenters. The van der Waals surface area contributed by atoms with Gasteiger partial charge in [0.2, 0.25) is 0 Å². The second-order valence-corrected chi connectivity index (χ2v) is 4.05. The van der Waals surface area contributed by atoms with Gasteiger partial charge in [-0.1, -0.05) is 12.2 Å². The van der Waals surface area contributed by atoms with E-state index in [0.29, 0.717) is 11.3 Å². The van der Waals surface area contributed by atoms with E-state index in [-0.39, 0.29) is 12.0 Å². The minimum Gasteiger partial charge on any atom is -0.359 e. The van der Waals surface area contributed by atoms with E-state index in [4.69, 9.17) is 0 Å². The maximum absolute atomic E-state index is 13.7. The Balaban J connectivity index is 2.16. The van der Waals surface area contributed by atoms with Crippen molar-refractivity contribution in [3.8, 4) is 0 Å². The summed E-state index contributed by atoms with van der Waals surface area (Å²) >= 11 is 0. The molecule has 0 radical (unpaired) electrons. The van der Waals surface area contributed by atoms with E-state index in [1.807, 2.05) is 12.2 Å². The van der Waals surface area contributed by atoms with Crippen LogP contribution in [0.25, 0.3) is 0 Å². The summed E-state index contributed by atoms with van der Waals surface area (Å²) in [6, 6.07) is 2.22. The molecule has 86 valence electrons. The van der Waals surface area contributed by atoms with Gasteiger partial charge in [-0.15, -0.1) is 0 Å². The number of hydrogen-bond acceptors (Lipinski definition) is 2.